The molecule has 0 saturated carbocycles. The van der Waals surface area contributed by atoms with Crippen LogP contribution < -0.4 is 29.6 Å². The van der Waals surface area contributed by atoms with Crippen molar-refractivity contribution in [3.8, 4) is 0 Å². The fourth-order valence-electron chi connectivity index (χ4n) is 0. The van der Waals surface area contributed by atoms with Gasteiger partial charge in [-0.3, -0.25) is 0 Å². The zero-order valence-corrected chi connectivity index (χ0v) is 7.84. The van der Waals surface area contributed by atoms with Crippen molar-refractivity contribution in [1.29, 1.82) is 0 Å². The molecule has 0 amide bonds. The zero-order chi connectivity index (χ0) is 7.00. The summed E-state index contributed by atoms with van der Waals surface area (Å²) in [6.07, 6.45) is 0. The molecular formula is CClF2NaO3S. The van der Waals surface area contributed by atoms with Crippen molar-refractivity contribution in [2.75, 3.05) is 0 Å². The van der Waals surface area contributed by atoms with E-state index in [0.717, 1.165) is 0 Å². The van der Waals surface area contributed by atoms with Crippen LogP contribution in [-0.2, 0) is 10.1 Å². The SMILES string of the molecule is O=S(=O)([O-])C(F)(F)Cl.[Na+]. The van der Waals surface area contributed by atoms with Crippen molar-refractivity contribution in [2.45, 2.75) is 4.71 Å². The van der Waals surface area contributed by atoms with Gasteiger partial charge in [-0.1, -0.05) is 0 Å². The van der Waals surface area contributed by atoms with Crippen LogP contribution in [0.5, 0.6) is 0 Å². The Balaban J connectivity index is 0. The summed E-state index contributed by atoms with van der Waals surface area (Å²) in [5, 5.41) is 0. The average molecular weight is 189 g/mol. The number of rotatable bonds is 1. The first-order valence-electron chi connectivity index (χ1n) is 1.27. The van der Waals surface area contributed by atoms with Crippen molar-refractivity contribution in [2.24, 2.45) is 0 Å². The monoisotopic (exact) mass is 188 g/mol. The Bertz CT molecular complexity index is 171. The zero-order valence-electron chi connectivity index (χ0n) is 4.27. The summed E-state index contributed by atoms with van der Waals surface area (Å²) in [6, 6.07) is 0. The van der Waals surface area contributed by atoms with Crippen molar-refractivity contribution < 1.29 is 51.3 Å². The van der Waals surface area contributed by atoms with Crippen LogP contribution in [0.2, 0.25) is 0 Å². The second-order valence-electron chi connectivity index (χ2n) is 0.900. The molecule has 50 valence electrons. The van der Waals surface area contributed by atoms with Crippen molar-refractivity contribution >= 4 is 21.7 Å². The molecule has 0 unspecified atom stereocenters. The fourth-order valence-corrected chi connectivity index (χ4v) is 0. The molecule has 0 heterocycles. The van der Waals surface area contributed by atoms with Crippen LogP contribution in [0.4, 0.5) is 8.78 Å². The van der Waals surface area contributed by atoms with Gasteiger partial charge in [0.15, 0.2) is 10.1 Å². The maximum Gasteiger partial charge on any atom is 1.00 e. The van der Waals surface area contributed by atoms with E-state index >= 15 is 0 Å². The Morgan fingerprint density at radius 1 is 1.44 bits per heavy atom. The van der Waals surface area contributed by atoms with Gasteiger partial charge in [0.2, 0.25) is 0 Å². The number of alkyl halides is 3. The maximum atomic E-state index is 11.1. The normalized spacial score (nSPS) is 12.4. The third-order valence-electron chi connectivity index (χ3n) is 0.283. The molecule has 0 rings (SSSR count). The molecule has 0 aliphatic rings. The van der Waals surface area contributed by atoms with Crippen LogP contribution in [0.1, 0.15) is 0 Å². The molecule has 0 bridgehead atoms. The fraction of sp³-hybridized carbons (Fsp3) is 1.00. The van der Waals surface area contributed by atoms with Gasteiger partial charge in [0.25, 0.3) is 0 Å². The third-order valence-corrected chi connectivity index (χ3v) is 1.42. The van der Waals surface area contributed by atoms with E-state index in [2.05, 4.69) is 11.6 Å². The van der Waals surface area contributed by atoms with Gasteiger partial charge in [-0.15, -0.1) is 0 Å². The Hall–Kier alpha value is 1.06. The molecule has 0 aromatic heterocycles. The van der Waals surface area contributed by atoms with Crippen LogP contribution in [0.25, 0.3) is 0 Å². The van der Waals surface area contributed by atoms with Crippen LogP contribution in [0.15, 0.2) is 0 Å². The first-order chi connectivity index (χ1) is 3.25. The van der Waals surface area contributed by atoms with Gasteiger partial charge in [-0.2, -0.15) is 8.78 Å². The number of hydrogen-bond donors (Lipinski definition) is 0. The first kappa shape index (κ1) is 12.7. The molecule has 0 aromatic carbocycles. The van der Waals surface area contributed by atoms with E-state index in [-0.39, 0.29) is 29.6 Å². The first-order valence-corrected chi connectivity index (χ1v) is 3.06. The molecule has 0 saturated heterocycles. The predicted molar refractivity (Wildman–Crippen MR) is 20.5 cm³/mol. The van der Waals surface area contributed by atoms with E-state index in [9.17, 15) is 21.8 Å². The van der Waals surface area contributed by atoms with Gasteiger partial charge in [0, 0.05) is 0 Å². The summed E-state index contributed by atoms with van der Waals surface area (Å²) in [6.45, 7) is 0. The summed E-state index contributed by atoms with van der Waals surface area (Å²) in [5.74, 6) is 0. The molecule has 0 N–H and O–H groups in total. The summed E-state index contributed by atoms with van der Waals surface area (Å²) >= 11 is 3.78. The summed E-state index contributed by atoms with van der Waals surface area (Å²) in [5.41, 5.74) is 0. The second kappa shape index (κ2) is 3.45. The van der Waals surface area contributed by atoms with Crippen molar-refractivity contribution in [1.82, 2.24) is 0 Å². The molecular weight excluding hydrogens is 189 g/mol. The van der Waals surface area contributed by atoms with Crippen molar-refractivity contribution in [3.05, 3.63) is 0 Å². The quantitative estimate of drug-likeness (QED) is 0.256. The number of halogens is 3. The molecule has 9 heavy (non-hydrogen) atoms. The smallest absolute Gasteiger partial charge is 0.742 e. The topological polar surface area (TPSA) is 57.2 Å². The summed E-state index contributed by atoms with van der Waals surface area (Å²) in [4.78, 5) is 0. The van der Waals surface area contributed by atoms with Crippen LogP contribution in [0.3, 0.4) is 0 Å². The maximum absolute atomic E-state index is 11.1. The molecule has 0 aromatic rings. The van der Waals surface area contributed by atoms with Gasteiger partial charge in [0.05, 0.1) is 0 Å². The molecule has 0 aliphatic heterocycles. The molecule has 0 fully saturated rings. The number of hydrogen-bond acceptors (Lipinski definition) is 3. The molecule has 0 atom stereocenters. The van der Waals surface area contributed by atoms with Crippen molar-refractivity contribution in [3.63, 3.8) is 0 Å². The minimum atomic E-state index is -5.66. The second-order valence-corrected chi connectivity index (χ2v) is 3.02. The predicted octanol–water partition coefficient (Wildman–Crippen LogP) is -2.68. The van der Waals surface area contributed by atoms with E-state index in [0.29, 0.717) is 0 Å². The molecule has 0 aliphatic carbocycles. The van der Waals surface area contributed by atoms with Crippen LogP contribution in [0, 0.1) is 0 Å². The molecule has 8 heteroatoms. The Labute approximate surface area is 77.4 Å². The van der Waals surface area contributed by atoms with E-state index < -0.39 is 14.8 Å². The van der Waals surface area contributed by atoms with Gasteiger partial charge < -0.3 is 4.55 Å². The molecule has 3 nitrogen and oxygen atoms in total. The Kier molecular flexibility index (Phi) is 4.87. The van der Waals surface area contributed by atoms with E-state index in [4.69, 9.17) is 0 Å². The molecule has 0 spiro atoms. The summed E-state index contributed by atoms with van der Waals surface area (Å²) in [7, 11) is -5.66. The van der Waals surface area contributed by atoms with Crippen LogP contribution >= 0.6 is 11.6 Å². The van der Waals surface area contributed by atoms with E-state index in [1.807, 2.05) is 0 Å². The average Bonchev–Trinajstić information content (AvgIpc) is 1.25. The standard InChI is InChI=1S/CHClF2O3S.Na/c2-1(3,4)8(5,6)7;/h(H,5,6,7);/q;+1/p-1. The Morgan fingerprint density at radius 3 is 1.56 bits per heavy atom. The van der Waals surface area contributed by atoms with Gasteiger partial charge in [-0.05, 0) is 11.6 Å². The minimum Gasteiger partial charge on any atom is -0.742 e. The molecule has 0 radical (unpaired) electrons. The van der Waals surface area contributed by atoms with Gasteiger partial charge in [0.1, 0.15) is 0 Å². The minimum absolute atomic E-state index is 0. The van der Waals surface area contributed by atoms with Crippen LogP contribution in [-0.4, -0.2) is 17.7 Å². The van der Waals surface area contributed by atoms with Gasteiger partial charge in [-0.25, -0.2) is 8.42 Å². The largest absolute Gasteiger partial charge is 1.00 e. The van der Waals surface area contributed by atoms with E-state index in [1.54, 1.807) is 0 Å². The third kappa shape index (κ3) is 4.46. The van der Waals surface area contributed by atoms with Gasteiger partial charge >= 0.3 is 34.3 Å². The van der Waals surface area contributed by atoms with E-state index in [1.165, 1.54) is 0 Å². The Morgan fingerprint density at radius 2 is 1.56 bits per heavy atom. The summed E-state index contributed by atoms with van der Waals surface area (Å²) < 4.78 is 45.2.